The average Bonchev–Trinajstić information content (AvgIpc) is 2.21. The van der Waals surface area contributed by atoms with Crippen molar-refractivity contribution in [2.45, 2.75) is 20.8 Å². The van der Waals surface area contributed by atoms with Crippen LogP contribution in [0.2, 0.25) is 10.0 Å². The zero-order valence-electron chi connectivity index (χ0n) is 11.6. The fraction of sp³-hybridized carbons (Fsp3) is 0.250. The van der Waals surface area contributed by atoms with Gasteiger partial charge in [-0.1, -0.05) is 0 Å². The molecule has 0 atom stereocenters. The first-order valence-corrected chi connectivity index (χ1v) is 7.85. The van der Waals surface area contributed by atoms with Gasteiger partial charge in [0.2, 0.25) is 0 Å². The second-order valence-electron chi connectivity index (χ2n) is 3.19. The van der Waals surface area contributed by atoms with Gasteiger partial charge in [-0.15, -0.1) is 0 Å². The molecule has 9 heteroatoms. The summed E-state index contributed by atoms with van der Waals surface area (Å²) in [6.07, 6.45) is 0. The molecule has 0 saturated heterocycles. The van der Waals surface area contributed by atoms with E-state index in [0.717, 1.165) is 46.5 Å². The van der Waals surface area contributed by atoms with E-state index in [2.05, 4.69) is 0 Å². The molecule has 6 nitrogen and oxygen atoms in total. The number of aliphatic carboxylic acids is 3. The van der Waals surface area contributed by atoms with Crippen LogP contribution in [-0.4, -0.2) is 59.0 Å². The second kappa shape index (κ2) is 15.5. The van der Waals surface area contributed by atoms with Crippen molar-refractivity contribution in [3.05, 3.63) is 28.2 Å². The predicted octanol–water partition coefficient (Wildman–Crippen LogP) is 2.06. The van der Waals surface area contributed by atoms with Crippen molar-refractivity contribution in [3.8, 4) is 0 Å². The molecule has 0 spiro atoms. The van der Waals surface area contributed by atoms with Gasteiger partial charge in [-0.3, -0.25) is 14.4 Å². The van der Waals surface area contributed by atoms with E-state index in [4.69, 9.17) is 52.9 Å². The molecule has 3 radical (unpaired) electrons. The Morgan fingerprint density at radius 1 is 0.857 bits per heavy atom. The Hall–Kier alpha value is -0.868. The Bertz CT molecular complexity index is 425. The molecule has 0 saturated carbocycles. The molecule has 0 bridgehead atoms. The van der Waals surface area contributed by atoms with Gasteiger partial charge in [0, 0.05) is 20.8 Å². The summed E-state index contributed by atoms with van der Waals surface area (Å²) >= 11 is 12.4. The minimum atomic E-state index is -0.833. The van der Waals surface area contributed by atoms with E-state index in [9.17, 15) is 0 Å². The molecule has 117 valence electrons. The van der Waals surface area contributed by atoms with Gasteiger partial charge < -0.3 is 15.3 Å². The van der Waals surface area contributed by atoms with E-state index >= 15 is 0 Å². The number of rotatable bonds is 0. The fourth-order valence-corrected chi connectivity index (χ4v) is 2.03. The molecule has 0 aliphatic rings. The molecule has 0 aromatic heterocycles. The van der Waals surface area contributed by atoms with Crippen LogP contribution in [-0.2, 0) is 14.4 Å². The van der Waals surface area contributed by atoms with Crippen LogP contribution in [0.1, 0.15) is 20.8 Å². The van der Waals surface area contributed by atoms with E-state index < -0.39 is 17.9 Å². The molecule has 0 aliphatic heterocycles. The molecule has 0 amide bonds. The van der Waals surface area contributed by atoms with Gasteiger partial charge in [0.05, 0.1) is 0 Å². The summed E-state index contributed by atoms with van der Waals surface area (Å²) in [6, 6.07) is 5.71. The maximum absolute atomic E-state index is 9.00. The molecule has 3 N–H and O–H groups in total. The van der Waals surface area contributed by atoms with Crippen molar-refractivity contribution in [1.82, 2.24) is 0 Å². The summed E-state index contributed by atoms with van der Waals surface area (Å²) < 4.78 is 1.27. The van der Waals surface area contributed by atoms with Crippen molar-refractivity contribution in [1.29, 1.82) is 0 Å². The topological polar surface area (TPSA) is 112 Å². The molecule has 0 aliphatic carbocycles. The van der Waals surface area contributed by atoms with E-state index in [-0.39, 0.29) is 0 Å². The van der Waals surface area contributed by atoms with Gasteiger partial charge in [-0.25, -0.2) is 0 Å². The van der Waals surface area contributed by atoms with Gasteiger partial charge in [-0.05, 0) is 0 Å². The molecule has 0 unspecified atom stereocenters. The zero-order chi connectivity index (χ0) is 17.6. The van der Waals surface area contributed by atoms with Gasteiger partial charge in [-0.2, -0.15) is 0 Å². The van der Waals surface area contributed by atoms with E-state index in [0.29, 0.717) is 10.0 Å². The molecule has 21 heavy (non-hydrogen) atoms. The van der Waals surface area contributed by atoms with Crippen LogP contribution in [0.5, 0.6) is 0 Å². The summed E-state index contributed by atoms with van der Waals surface area (Å²) in [5.41, 5.74) is 0. The maximum atomic E-state index is 9.00. The zero-order valence-corrected chi connectivity index (χ0v) is 17.0. The summed E-state index contributed by atoms with van der Waals surface area (Å²) in [6.45, 7) is 3.25. The normalized spacial score (nSPS) is 7.71. The van der Waals surface area contributed by atoms with Crippen LogP contribution < -0.4 is 3.12 Å². The second-order valence-corrected chi connectivity index (χ2v) is 6.24. The molecule has 1 aromatic rings. The number of benzene rings is 1. The van der Waals surface area contributed by atoms with Crippen molar-refractivity contribution >= 4 is 70.0 Å². The number of hydrogen-bond donors (Lipinski definition) is 3. The molecular weight excluding hydrogens is 518 g/mol. The third-order valence-electron chi connectivity index (χ3n) is 0.920. The van der Waals surface area contributed by atoms with Crippen LogP contribution in [0.3, 0.4) is 0 Å². The van der Waals surface area contributed by atoms with Crippen LogP contribution in [0.25, 0.3) is 0 Å². The standard InChI is InChI=1S/C6H3Cl2.3C2H4O2.Pb/c7-5-3-1-2-4-6(5)8;3*1-2(3)4;/h1,3-4H;3*1H3,(H,3,4);. The first-order valence-electron chi connectivity index (χ1n) is 5.15. The van der Waals surface area contributed by atoms with Crippen LogP contribution >= 0.6 is 23.2 Å². The number of carbonyl (C=O) groups is 3. The number of halogens is 2. The summed E-state index contributed by atoms with van der Waals surface area (Å²) in [7, 11) is 0. The van der Waals surface area contributed by atoms with Crippen LogP contribution in [0.15, 0.2) is 18.2 Å². The van der Waals surface area contributed by atoms with Gasteiger partial charge in [0.1, 0.15) is 0 Å². The van der Waals surface area contributed by atoms with E-state index in [1.165, 1.54) is 3.12 Å². The van der Waals surface area contributed by atoms with Gasteiger partial charge in [0.25, 0.3) is 17.9 Å². The summed E-state index contributed by atoms with van der Waals surface area (Å²) in [5, 5.41) is 23.5. The Morgan fingerprint density at radius 3 is 1.33 bits per heavy atom. The van der Waals surface area contributed by atoms with Crippen molar-refractivity contribution in [2.24, 2.45) is 0 Å². The first-order chi connectivity index (χ1) is 9.39. The van der Waals surface area contributed by atoms with Gasteiger partial charge in [0.15, 0.2) is 0 Å². The Morgan fingerprint density at radius 2 is 1.14 bits per heavy atom. The van der Waals surface area contributed by atoms with E-state index in [1.54, 1.807) is 0 Å². The number of carboxylic acid groups (broad SMARTS) is 3. The quantitative estimate of drug-likeness (QED) is 0.441. The monoisotopic (exact) mass is 533 g/mol. The van der Waals surface area contributed by atoms with Crippen LogP contribution in [0, 0.1) is 0 Å². The number of carboxylic acids is 3. The summed E-state index contributed by atoms with van der Waals surface area (Å²) in [4.78, 5) is 27.0. The predicted molar refractivity (Wildman–Crippen MR) is 81.8 cm³/mol. The first kappa shape index (κ1) is 25.1. The molecule has 1 aromatic carbocycles. The average molecular weight is 533 g/mol. The Labute approximate surface area is 148 Å². The SMILES string of the molecule is CC(=O)O.CC(=O)O.CC(=O)O.Clc1cc[c]([Pb])cc1Cl. The molecule has 0 heterocycles. The summed E-state index contributed by atoms with van der Waals surface area (Å²) in [5.74, 6) is -2.50. The third kappa shape index (κ3) is 38.2. The fourth-order valence-electron chi connectivity index (χ4n) is 0.496. The van der Waals surface area contributed by atoms with Crippen molar-refractivity contribution in [3.63, 3.8) is 0 Å². The van der Waals surface area contributed by atoms with Crippen molar-refractivity contribution in [2.75, 3.05) is 0 Å². The Kier molecular flexibility index (Phi) is 18.6. The Balaban J connectivity index is -0.000000230. The molecule has 0 fully saturated rings. The van der Waals surface area contributed by atoms with Crippen molar-refractivity contribution < 1.29 is 29.7 Å². The van der Waals surface area contributed by atoms with E-state index in [1.807, 2.05) is 18.2 Å². The molecular formula is C12H15Cl2O6Pb. The minimum absolute atomic E-state index is 0.635. The number of hydrogen-bond acceptors (Lipinski definition) is 3. The van der Waals surface area contributed by atoms with Gasteiger partial charge >= 0.3 is 80.3 Å². The molecule has 1 rings (SSSR count). The van der Waals surface area contributed by atoms with Crippen LogP contribution in [0.4, 0.5) is 0 Å². The third-order valence-corrected chi connectivity index (χ3v) is 2.87.